The Hall–Kier alpha value is -5.60. The largest absolute Gasteiger partial charge is 0.469 e. The van der Waals surface area contributed by atoms with Crippen LogP contribution in [0.25, 0.3) is 33.7 Å². The third-order valence-electron chi connectivity index (χ3n) is 9.39. The summed E-state index contributed by atoms with van der Waals surface area (Å²) in [6.45, 7) is 6.54. The number of aryl methyl sites for hydroxylation is 1. The zero-order valence-electron chi connectivity index (χ0n) is 27.0. The third kappa shape index (κ3) is 5.65. The first-order valence-electron chi connectivity index (χ1n) is 16.0. The highest BCUT2D eigenvalue weighted by Crippen LogP contribution is 2.37. The van der Waals surface area contributed by atoms with Crippen LogP contribution in [0.2, 0.25) is 0 Å². The predicted molar refractivity (Wildman–Crippen MR) is 178 cm³/mol. The lowest BCUT2D eigenvalue weighted by Gasteiger charge is -2.15. The first-order chi connectivity index (χ1) is 23.2. The van der Waals surface area contributed by atoms with Gasteiger partial charge in [0.15, 0.2) is 17.1 Å². The van der Waals surface area contributed by atoms with Crippen molar-refractivity contribution in [2.75, 3.05) is 25.5 Å². The minimum Gasteiger partial charge on any atom is -0.469 e. The van der Waals surface area contributed by atoms with Crippen LogP contribution in [-0.4, -0.2) is 57.5 Å². The molecule has 0 unspecified atom stereocenters. The van der Waals surface area contributed by atoms with Gasteiger partial charge in [-0.2, -0.15) is 10.4 Å². The number of hydrogen-bond acceptors (Lipinski definition) is 9. The van der Waals surface area contributed by atoms with E-state index in [2.05, 4.69) is 21.4 Å². The second-order valence-electron chi connectivity index (χ2n) is 12.4. The van der Waals surface area contributed by atoms with E-state index in [-0.39, 0.29) is 29.3 Å². The van der Waals surface area contributed by atoms with Crippen molar-refractivity contribution in [2.24, 2.45) is 5.92 Å². The number of methoxy groups -OCH3 is 1. The molecule has 1 N–H and O–H groups in total. The van der Waals surface area contributed by atoms with E-state index in [1.807, 2.05) is 62.4 Å². The van der Waals surface area contributed by atoms with Gasteiger partial charge in [0.05, 0.1) is 18.6 Å². The molecule has 48 heavy (non-hydrogen) atoms. The number of ketones is 1. The first kappa shape index (κ1) is 31.0. The minimum atomic E-state index is -0.373. The van der Waals surface area contributed by atoms with Crippen LogP contribution >= 0.6 is 0 Å². The van der Waals surface area contributed by atoms with Crippen LogP contribution in [0, 0.1) is 31.1 Å². The van der Waals surface area contributed by atoms with Gasteiger partial charge in [0, 0.05) is 43.4 Å². The number of ether oxygens (including phenoxy) is 1. The fourth-order valence-electron chi connectivity index (χ4n) is 6.82. The molecule has 11 nitrogen and oxygen atoms in total. The van der Waals surface area contributed by atoms with Crippen molar-refractivity contribution >= 4 is 34.4 Å². The van der Waals surface area contributed by atoms with Crippen molar-refractivity contribution in [2.45, 2.75) is 46.2 Å². The molecule has 4 heterocycles. The number of amides is 1. The lowest BCUT2D eigenvalue weighted by molar-refractivity contribution is -0.144. The predicted octanol–water partition coefficient (Wildman–Crippen LogP) is 6.07. The number of aromatic nitrogens is 3. The number of hydrogen-bond donors (Lipinski definition) is 1. The van der Waals surface area contributed by atoms with Gasteiger partial charge in [-0.15, -0.1) is 0 Å². The number of anilines is 1. The number of nitrogens with one attached hydrogen (secondary N) is 1. The number of fused-ring (bicyclic) bond motifs is 2. The molecule has 3 aromatic carbocycles. The number of rotatable bonds is 7. The van der Waals surface area contributed by atoms with E-state index in [1.165, 1.54) is 7.11 Å². The van der Waals surface area contributed by atoms with E-state index < -0.39 is 0 Å². The molecule has 0 bridgehead atoms. The lowest BCUT2D eigenvalue weighted by atomic mass is 9.93. The highest BCUT2D eigenvalue weighted by Gasteiger charge is 2.29. The Morgan fingerprint density at radius 2 is 1.83 bits per heavy atom. The van der Waals surface area contributed by atoms with Crippen LogP contribution in [-0.2, 0) is 22.6 Å². The van der Waals surface area contributed by atoms with Crippen molar-refractivity contribution in [3.63, 3.8) is 0 Å². The molecule has 2 aliphatic rings. The van der Waals surface area contributed by atoms with Crippen molar-refractivity contribution < 1.29 is 23.5 Å². The number of oxazole rings is 1. The fourth-order valence-corrected chi connectivity index (χ4v) is 6.82. The summed E-state index contributed by atoms with van der Waals surface area (Å²) in [4.78, 5) is 44.5. The molecular weight excluding hydrogens is 608 g/mol. The number of nitrogens with zero attached hydrogens (tertiary/aromatic N) is 5. The maximum Gasteiger partial charge on any atom is 0.310 e. The van der Waals surface area contributed by atoms with Gasteiger partial charge in [0.1, 0.15) is 17.3 Å². The average molecular weight is 643 g/mol. The topological polar surface area (TPSA) is 143 Å². The Kier molecular flexibility index (Phi) is 8.11. The minimum absolute atomic E-state index is 0.00166. The highest BCUT2D eigenvalue weighted by atomic mass is 16.5. The summed E-state index contributed by atoms with van der Waals surface area (Å²) in [6.07, 6.45) is 1.93. The summed E-state index contributed by atoms with van der Waals surface area (Å²) in [7, 11) is 1.41. The van der Waals surface area contributed by atoms with E-state index >= 15 is 0 Å². The van der Waals surface area contributed by atoms with Crippen LogP contribution in [0.1, 0.15) is 62.5 Å². The van der Waals surface area contributed by atoms with Gasteiger partial charge >= 0.3 is 5.97 Å². The van der Waals surface area contributed by atoms with Crippen LogP contribution in [0.5, 0.6) is 0 Å². The molecule has 2 aliphatic heterocycles. The van der Waals surface area contributed by atoms with Crippen molar-refractivity contribution in [3.8, 4) is 28.7 Å². The van der Waals surface area contributed by atoms with Gasteiger partial charge in [0.2, 0.25) is 5.89 Å². The first-order valence-corrected chi connectivity index (χ1v) is 16.0. The summed E-state index contributed by atoms with van der Waals surface area (Å²) >= 11 is 0. The monoisotopic (exact) mass is 642 g/mol. The van der Waals surface area contributed by atoms with Gasteiger partial charge in [-0.05, 0) is 85.3 Å². The maximum atomic E-state index is 13.2. The molecule has 2 aromatic heterocycles. The number of carbonyl (C=O) groups excluding carboxylic acids is 3. The summed E-state index contributed by atoms with van der Waals surface area (Å²) in [6, 6.07) is 19.2. The molecule has 11 heteroatoms. The third-order valence-corrected chi connectivity index (χ3v) is 9.39. The van der Waals surface area contributed by atoms with Gasteiger partial charge < -0.3 is 14.5 Å². The zero-order chi connectivity index (χ0) is 33.5. The van der Waals surface area contributed by atoms with Gasteiger partial charge in [0.25, 0.3) is 5.91 Å². The molecular formula is C37H34N6O5. The molecule has 0 aliphatic carbocycles. The fraction of sp³-hybridized carbons (Fsp3) is 0.297. The summed E-state index contributed by atoms with van der Waals surface area (Å²) in [5, 5.41) is 17.3. The molecule has 0 saturated carbocycles. The average Bonchev–Trinajstić information content (AvgIpc) is 3.84. The molecule has 0 radical (unpaired) electrons. The summed E-state index contributed by atoms with van der Waals surface area (Å²) in [5.41, 5.74) is 8.15. The van der Waals surface area contributed by atoms with Crippen molar-refractivity contribution in [1.82, 2.24) is 19.7 Å². The smallest absolute Gasteiger partial charge is 0.310 e. The Balaban J connectivity index is 1.16. The second kappa shape index (κ2) is 12.5. The highest BCUT2D eigenvalue weighted by molar-refractivity contribution is 6.06. The number of likely N-dealkylation sites (tertiary alicyclic amines) is 1. The molecule has 1 amide bonds. The van der Waals surface area contributed by atoms with Crippen LogP contribution in [0.4, 0.5) is 5.69 Å². The molecule has 1 fully saturated rings. The van der Waals surface area contributed by atoms with Crippen molar-refractivity contribution in [3.05, 3.63) is 88.2 Å². The normalized spacial score (nSPS) is 16.1. The van der Waals surface area contributed by atoms with E-state index in [0.29, 0.717) is 60.0 Å². The van der Waals surface area contributed by atoms with Crippen LogP contribution in [0.3, 0.4) is 0 Å². The molecule has 1 atom stereocenters. The van der Waals surface area contributed by atoms with E-state index in [1.54, 1.807) is 10.7 Å². The molecule has 242 valence electrons. The maximum absolute atomic E-state index is 13.2. The standard InChI is InChI=1S/C37H34N6O5/c1-21-26(27-8-5-10-29(22(27)2)39-35(45)31-17-32-33(44)11-6-13-43(32)41-31)7-4-9-28(21)36-40-30-16-23(15-25(18-38)34(30)48-36)19-42-14-12-24(20-42)37(46)47-3/h4-5,7-10,15-17,24H,6,11-14,19-20H2,1-3H3,(H,39,45)/t24-/m1/s1. The molecule has 7 rings (SSSR count). The number of benzene rings is 3. The Bertz CT molecular complexity index is 2160. The Morgan fingerprint density at radius 1 is 1.06 bits per heavy atom. The Labute approximate surface area is 277 Å². The van der Waals surface area contributed by atoms with E-state index in [9.17, 15) is 19.6 Å². The molecule has 0 spiro atoms. The lowest BCUT2D eigenvalue weighted by Crippen LogP contribution is -2.23. The number of carbonyl (C=O) groups is 3. The summed E-state index contributed by atoms with van der Waals surface area (Å²) < 4.78 is 12.8. The quantitative estimate of drug-likeness (QED) is 0.209. The number of esters is 1. The van der Waals surface area contributed by atoms with E-state index in [0.717, 1.165) is 52.8 Å². The van der Waals surface area contributed by atoms with Crippen molar-refractivity contribution in [1.29, 1.82) is 5.26 Å². The second-order valence-corrected chi connectivity index (χ2v) is 12.4. The van der Waals surface area contributed by atoms with Crippen LogP contribution in [0.15, 0.2) is 59.0 Å². The van der Waals surface area contributed by atoms with E-state index in [4.69, 9.17) is 14.1 Å². The molecule has 1 saturated heterocycles. The Morgan fingerprint density at radius 3 is 2.60 bits per heavy atom. The van der Waals surface area contributed by atoms with Crippen LogP contribution < -0.4 is 5.32 Å². The molecule has 5 aromatic rings. The zero-order valence-corrected chi connectivity index (χ0v) is 27.0. The number of nitriles is 1. The van der Waals surface area contributed by atoms with Gasteiger partial charge in [-0.1, -0.05) is 24.3 Å². The number of Topliss-reactive ketones (excluding diaryl/α,β-unsaturated/α-hetero) is 1. The van der Waals surface area contributed by atoms with Gasteiger partial charge in [-0.3, -0.25) is 24.0 Å². The SMILES string of the molecule is COC(=O)[C@@H]1CCN(Cc2cc(C#N)c3oc(-c4cccc(-c5cccc(NC(=O)c6cc7n(n6)CCCC7=O)c5C)c4C)nc3c2)C1. The summed E-state index contributed by atoms with van der Waals surface area (Å²) in [5.74, 6) is -0.297. The van der Waals surface area contributed by atoms with Gasteiger partial charge in [-0.25, -0.2) is 4.98 Å².